The van der Waals surface area contributed by atoms with Crippen LogP contribution in [-0.2, 0) is 22.6 Å². The molecular weight excluding hydrogens is 426 g/mol. The van der Waals surface area contributed by atoms with Gasteiger partial charge in [0.05, 0.1) is 6.04 Å². The van der Waals surface area contributed by atoms with Crippen LogP contribution in [-0.4, -0.2) is 34.3 Å². The summed E-state index contributed by atoms with van der Waals surface area (Å²) < 4.78 is 6.16. The lowest BCUT2D eigenvalue weighted by molar-refractivity contribution is -0.133. The Hall–Kier alpha value is -3.67. The van der Waals surface area contributed by atoms with E-state index in [1.54, 1.807) is 12.4 Å². The second-order valence-electron chi connectivity index (χ2n) is 8.45. The molecule has 0 radical (unpaired) electrons. The molecule has 1 aliphatic heterocycles. The highest BCUT2D eigenvalue weighted by Gasteiger charge is 2.32. The number of rotatable bonds is 8. The van der Waals surface area contributed by atoms with Crippen LogP contribution < -0.4 is 10.1 Å². The molecular formula is C28H31N3O3. The summed E-state index contributed by atoms with van der Waals surface area (Å²) in [4.78, 5) is 31.5. The molecule has 34 heavy (non-hydrogen) atoms. The van der Waals surface area contributed by atoms with Gasteiger partial charge in [-0.15, -0.1) is 0 Å². The Balaban J connectivity index is 1.56. The molecule has 0 bridgehead atoms. The fraction of sp³-hybridized carbons (Fsp3) is 0.321. The normalized spacial score (nSPS) is 15.8. The van der Waals surface area contributed by atoms with E-state index in [0.717, 1.165) is 23.1 Å². The predicted molar refractivity (Wildman–Crippen MR) is 131 cm³/mol. The summed E-state index contributed by atoms with van der Waals surface area (Å²) in [6.07, 6.45) is 4.61. The lowest BCUT2D eigenvalue weighted by Crippen LogP contribution is -2.40. The summed E-state index contributed by atoms with van der Waals surface area (Å²) in [6, 6.07) is 19.7. The third-order valence-electron chi connectivity index (χ3n) is 6.24. The number of carbonyl (C=O) groups excluding carboxylic acids is 2. The Kier molecular flexibility index (Phi) is 7.58. The van der Waals surface area contributed by atoms with Crippen LogP contribution in [0.25, 0.3) is 0 Å². The van der Waals surface area contributed by atoms with Gasteiger partial charge in [-0.2, -0.15) is 0 Å². The lowest BCUT2D eigenvalue weighted by Gasteiger charge is -2.38. The van der Waals surface area contributed by atoms with E-state index in [0.29, 0.717) is 31.7 Å². The molecule has 0 fully saturated rings. The Morgan fingerprint density at radius 1 is 1.09 bits per heavy atom. The highest BCUT2D eigenvalue weighted by Crippen LogP contribution is 2.37. The van der Waals surface area contributed by atoms with Gasteiger partial charge < -0.3 is 15.0 Å². The zero-order valence-electron chi connectivity index (χ0n) is 19.7. The third kappa shape index (κ3) is 5.28. The van der Waals surface area contributed by atoms with E-state index in [2.05, 4.69) is 28.5 Å². The van der Waals surface area contributed by atoms with Gasteiger partial charge in [0.15, 0.2) is 6.10 Å². The first kappa shape index (κ1) is 23.5. The smallest absolute Gasteiger partial charge is 0.261 e. The molecule has 2 aromatic carbocycles. The van der Waals surface area contributed by atoms with Crippen LogP contribution in [0.3, 0.4) is 0 Å². The van der Waals surface area contributed by atoms with E-state index in [1.807, 2.05) is 61.2 Å². The minimum absolute atomic E-state index is 0.132. The van der Waals surface area contributed by atoms with Crippen LogP contribution >= 0.6 is 0 Å². The Morgan fingerprint density at radius 2 is 1.85 bits per heavy atom. The number of nitrogens with zero attached hydrogens (tertiary/aromatic N) is 2. The van der Waals surface area contributed by atoms with Crippen molar-refractivity contribution in [2.24, 2.45) is 0 Å². The number of aromatic nitrogens is 1. The minimum atomic E-state index is -0.605. The lowest BCUT2D eigenvalue weighted by atomic mass is 9.87. The number of fused-ring (bicyclic) bond motifs is 1. The molecule has 0 saturated carbocycles. The van der Waals surface area contributed by atoms with E-state index in [4.69, 9.17) is 4.74 Å². The van der Waals surface area contributed by atoms with Gasteiger partial charge in [0, 0.05) is 31.9 Å². The highest BCUT2D eigenvalue weighted by molar-refractivity contribution is 5.81. The third-order valence-corrected chi connectivity index (χ3v) is 6.24. The molecule has 2 heterocycles. The highest BCUT2D eigenvalue weighted by atomic mass is 16.5. The van der Waals surface area contributed by atoms with Gasteiger partial charge in [-0.05, 0) is 59.4 Å². The van der Waals surface area contributed by atoms with Crippen molar-refractivity contribution < 1.29 is 14.3 Å². The first-order valence-electron chi connectivity index (χ1n) is 11.9. The van der Waals surface area contributed by atoms with Crippen LogP contribution in [0.15, 0.2) is 73.1 Å². The summed E-state index contributed by atoms with van der Waals surface area (Å²) in [5, 5.41) is 2.95. The van der Waals surface area contributed by atoms with Crippen molar-refractivity contribution in [1.29, 1.82) is 0 Å². The predicted octanol–water partition coefficient (Wildman–Crippen LogP) is 4.44. The average Bonchev–Trinajstić information content (AvgIpc) is 2.90. The number of benzene rings is 2. The van der Waals surface area contributed by atoms with Gasteiger partial charge in [-0.25, -0.2) is 0 Å². The topological polar surface area (TPSA) is 71.5 Å². The van der Waals surface area contributed by atoms with Gasteiger partial charge >= 0.3 is 0 Å². The largest absolute Gasteiger partial charge is 0.481 e. The van der Waals surface area contributed by atoms with Gasteiger partial charge in [0.25, 0.3) is 5.91 Å². The van der Waals surface area contributed by atoms with Crippen molar-refractivity contribution >= 4 is 11.8 Å². The number of hydrogen-bond acceptors (Lipinski definition) is 4. The number of pyridine rings is 1. The van der Waals surface area contributed by atoms with E-state index in [1.165, 1.54) is 5.56 Å². The molecule has 3 aromatic rings. The maximum absolute atomic E-state index is 12.8. The van der Waals surface area contributed by atoms with Crippen molar-refractivity contribution in [3.63, 3.8) is 0 Å². The van der Waals surface area contributed by atoms with E-state index in [-0.39, 0.29) is 17.9 Å². The molecule has 2 unspecified atom stereocenters. The van der Waals surface area contributed by atoms with E-state index < -0.39 is 6.10 Å². The molecule has 0 saturated heterocycles. The van der Waals surface area contributed by atoms with Gasteiger partial charge in [-0.3, -0.25) is 14.6 Å². The first-order valence-corrected chi connectivity index (χ1v) is 11.9. The van der Waals surface area contributed by atoms with Crippen LogP contribution in [0.5, 0.6) is 5.75 Å². The molecule has 176 valence electrons. The van der Waals surface area contributed by atoms with E-state index >= 15 is 0 Å². The van der Waals surface area contributed by atoms with Crippen molar-refractivity contribution in [1.82, 2.24) is 15.2 Å². The van der Waals surface area contributed by atoms with Gasteiger partial charge in [-0.1, -0.05) is 50.2 Å². The molecule has 6 nitrogen and oxygen atoms in total. The summed E-state index contributed by atoms with van der Waals surface area (Å²) >= 11 is 0. The summed E-state index contributed by atoms with van der Waals surface area (Å²) in [5.41, 5.74) is 4.32. The molecule has 1 aliphatic rings. The molecule has 2 atom stereocenters. The number of hydrogen-bond donors (Lipinski definition) is 1. The Morgan fingerprint density at radius 3 is 2.56 bits per heavy atom. The maximum Gasteiger partial charge on any atom is 0.261 e. The van der Waals surface area contributed by atoms with Crippen LogP contribution in [0.1, 0.15) is 55.0 Å². The van der Waals surface area contributed by atoms with Crippen LogP contribution in [0.2, 0.25) is 0 Å². The molecule has 6 heteroatoms. The minimum Gasteiger partial charge on any atom is -0.481 e. The molecule has 1 N–H and O–H groups in total. The Bertz CT molecular complexity index is 1120. The number of nitrogens with one attached hydrogen (secondary N) is 1. The monoisotopic (exact) mass is 457 g/mol. The number of amides is 2. The molecule has 4 rings (SSSR count). The maximum atomic E-state index is 12.8. The molecule has 0 aliphatic carbocycles. The standard InChI is InChI=1S/C28H31N3O3/c1-3-25(28(33)30-19-20-12-15-29-16-13-20)34-23-11-10-21-14-17-31(26(32)4-2)27(24(21)18-23)22-8-6-5-7-9-22/h5-13,15-16,18,25,27H,3-4,14,17,19H2,1-2H3,(H,30,33). The first-order chi connectivity index (χ1) is 16.6. The SMILES string of the molecule is CCC(=O)N1CCc2ccc(OC(CC)C(=O)NCc3ccncc3)cc2C1c1ccccc1. The number of carbonyl (C=O) groups is 2. The van der Waals surface area contributed by atoms with Gasteiger partial charge in [0.1, 0.15) is 5.75 Å². The fourth-order valence-electron chi connectivity index (χ4n) is 4.42. The van der Waals surface area contributed by atoms with Gasteiger partial charge in [0.2, 0.25) is 5.91 Å². The second-order valence-corrected chi connectivity index (χ2v) is 8.45. The summed E-state index contributed by atoms with van der Waals surface area (Å²) in [7, 11) is 0. The second kappa shape index (κ2) is 11.0. The van der Waals surface area contributed by atoms with Crippen molar-refractivity contribution in [2.45, 2.75) is 51.8 Å². The van der Waals surface area contributed by atoms with E-state index in [9.17, 15) is 9.59 Å². The van der Waals surface area contributed by atoms with Crippen LogP contribution in [0, 0.1) is 0 Å². The van der Waals surface area contributed by atoms with Crippen molar-refractivity contribution in [3.8, 4) is 5.75 Å². The fourth-order valence-corrected chi connectivity index (χ4v) is 4.42. The summed E-state index contributed by atoms with van der Waals surface area (Å²) in [6.45, 7) is 4.95. The number of ether oxygens (including phenoxy) is 1. The summed E-state index contributed by atoms with van der Waals surface area (Å²) in [5.74, 6) is 0.614. The zero-order valence-corrected chi connectivity index (χ0v) is 19.7. The Labute approximate surface area is 201 Å². The zero-order chi connectivity index (χ0) is 23.9. The molecule has 1 aromatic heterocycles. The quantitative estimate of drug-likeness (QED) is 0.543. The van der Waals surface area contributed by atoms with Crippen LogP contribution in [0.4, 0.5) is 0 Å². The van der Waals surface area contributed by atoms with Crippen molar-refractivity contribution in [3.05, 3.63) is 95.3 Å². The molecule has 0 spiro atoms. The average molecular weight is 458 g/mol. The van der Waals surface area contributed by atoms with Crippen molar-refractivity contribution in [2.75, 3.05) is 6.54 Å². The molecule has 2 amide bonds.